The van der Waals surface area contributed by atoms with E-state index in [0.29, 0.717) is 6.16 Å². The van der Waals surface area contributed by atoms with E-state index in [0.717, 1.165) is 0 Å². The number of carbonyl (C=O) groups is 1. The number of hydrogen-bond acceptors (Lipinski definition) is 2. The van der Waals surface area contributed by atoms with Crippen LogP contribution >= 0.6 is 23.2 Å². The molecule has 3 aromatic rings. The molecule has 0 saturated carbocycles. The van der Waals surface area contributed by atoms with Gasteiger partial charge in [-0.2, -0.15) is 0 Å². The van der Waals surface area contributed by atoms with Crippen molar-refractivity contribution in [1.82, 2.24) is 0 Å². The van der Waals surface area contributed by atoms with Crippen LogP contribution in [0.3, 0.4) is 0 Å². The molecule has 2 nitrogen and oxygen atoms in total. The number of alkyl halides is 1. The maximum absolute atomic E-state index is 12.8. The van der Waals surface area contributed by atoms with Crippen LogP contribution in [-0.2, 0) is 9.53 Å². The van der Waals surface area contributed by atoms with Crippen molar-refractivity contribution in [1.29, 1.82) is 0 Å². The van der Waals surface area contributed by atoms with Gasteiger partial charge in [-0.1, -0.05) is 0 Å². The normalized spacial score (nSPS) is 13.0. The van der Waals surface area contributed by atoms with Crippen LogP contribution in [0.1, 0.15) is 6.92 Å². The number of halogens is 1. The second-order valence-corrected chi connectivity index (χ2v) is 11.4. The first kappa shape index (κ1) is 18.8. The standard InChI is InChI=1S/C22H22BrO2P/c1-18(23)25-22(24)17-26(19-11-5-2-6-12-19,20-13-7-3-8-14-20)21-15-9-4-10-16-21/h2-16,18,26H,17H2,1H3. The molecule has 0 saturated heterocycles. The van der Waals surface area contributed by atoms with E-state index in [9.17, 15) is 4.79 Å². The van der Waals surface area contributed by atoms with Crippen LogP contribution in [0.25, 0.3) is 0 Å². The van der Waals surface area contributed by atoms with Gasteiger partial charge >= 0.3 is 164 Å². The van der Waals surface area contributed by atoms with E-state index in [4.69, 9.17) is 4.74 Å². The van der Waals surface area contributed by atoms with Crippen molar-refractivity contribution in [3.8, 4) is 0 Å². The first-order valence-electron chi connectivity index (χ1n) is 8.63. The Labute approximate surface area is 163 Å². The minimum atomic E-state index is -2.55. The van der Waals surface area contributed by atoms with Crippen LogP contribution in [0.15, 0.2) is 91.0 Å². The Morgan fingerprint density at radius 1 is 0.808 bits per heavy atom. The van der Waals surface area contributed by atoms with E-state index in [1.165, 1.54) is 15.9 Å². The molecule has 0 spiro atoms. The van der Waals surface area contributed by atoms with E-state index in [-0.39, 0.29) is 11.0 Å². The van der Waals surface area contributed by atoms with Gasteiger partial charge in [0.1, 0.15) is 0 Å². The summed E-state index contributed by atoms with van der Waals surface area (Å²) in [6.45, 7) is 1.81. The Morgan fingerprint density at radius 3 is 1.46 bits per heavy atom. The number of benzene rings is 3. The summed E-state index contributed by atoms with van der Waals surface area (Å²) in [5.74, 6) is -0.183. The molecule has 0 N–H and O–H groups in total. The molecule has 0 aliphatic carbocycles. The molecule has 0 aliphatic heterocycles. The summed E-state index contributed by atoms with van der Waals surface area (Å²) in [5.41, 5.74) is 0. The van der Waals surface area contributed by atoms with Crippen LogP contribution in [0.4, 0.5) is 0 Å². The SMILES string of the molecule is CC(Br)OC(=O)C[PH](c1ccccc1)(c1ccccc1)c1ccccc1. The zero-order valence-corrected chi connectivity index (χ0v) is 17.2. The molecule has 134 valence electrons. The van der Waals surface area contributed by atoms with Gasteiger partial charge in [0, 0.05) is 0 Å². The van der Waals surface area contributed by atoms with E-state index in [1.54, 1.807) is 0 Å². The molecule has 3 aromatic carbocycles. The van der Waals surface area contributed by atoms with Crippen LogP contribution in [0.5, 0.6) is 0 Å². The number of hydrogen-bond donors (Lipinski definition) is 0. The van der Waals surface area contributed by atoms with E-state index >= 15 is 0 Å². The Bertz CT molecular complexity index is 739. The predicted molar refractivity (Wildman–Crippen MR) is 116 cm³/mol. The summed E-state index contributed by atoms with van der Waals surface area (Å²) in [6.07, 6.45) is 0.362. The summed E-state index contributed by atoms with van der Waals surface area (Å²) in [7, 11) is -2.55. The van der Waals surface area contributed by atoms with Crippen molar-refractivity contribution >= 4 is 45.1 Å². The fraction of sp³-hybridized carbons (Fsp3) is 0.136. The van der Waals surface area contributed by atoms with Crippen LogP contribution in [0, 0.1) is 0 Å². The van der Waals surface area contributed by atoms with Crippen molar-refractivity contribution in [3.63, 3.8) is 0 Å². The second-order valence-electron chi connectivity index (χ2n) is 6.21. The van der Waals surface area contributed by atoms with Gasteiger partial charge in [0.15, 0.2) is 0 Å². The Balaban J connectivity index is 2.23. The summed E-state index contributed by atoms with van der Waals surface area (Å²) in [6, 6.07) is 31.1. The van der Waals surface area contributed by atoms with Crippen molar-refractivity contribution < 1.29 is 9.53 Å². The molecule has 0 radical (unpaired) electrons. The van der Waals surface area contributed by atoms with Crippen LogP contribution in [0.2, 0.25) is 0 Å². The van der Waals surface area contributed by atoms with Crippen molar-refractivity contribution in [2.75, 3.05) is 6.16 Å². The maximum atomic E-state index is 12.8. The van der Waals surface area contributed by atoms with Gasteiger partial charge in [0.2, 0.25) is 0 Å². The first-order chi connectivity index (χ1) is 12.6. The van der Waals surface area contributed by atoms with Crippen LogP contribution in [-0.4, -0.2) is 17.1 Å². The molecule has 0 aliphatic rings. The van der Waals surface area contributed by atoms with Gasteiger partial charge < -0.3 is 0 Å². The molecule has 0 amide bonds. The molecule has 3 rings (SSSR count). The quantitative estimate of drug-likeness (QED) is 0.337. The molecule has 1 atom stereocenters. The molecule has 0 fully saturated rings. The van der Waals surface area contributed by atoms with Gasteiger partial charge in [0.05, 0.1) is 0 Å². The molecule has 0 aromatic heterocycles. The molecule has 0 heterocycles. The minimum absolute atomic E-state index is 0.183. The second kappa shape index (κ2) is 8.62. The van der Waals surface area contributed by atoms with Gasteiger partial charge in [-0.25, -0.2) is 0 Å². The average molecular weight is 429 g/mol. The summed E-state index contributed by atoms with van der Waals surface area (Å²) in [4.78, 5) is 12.8. The number of carbonyl (C=O) groups excluding carboxylic acids is 1. The summed E-state index contributed by atoms with van der Waals surface area (Å²) >= 11 is 3.32. The van der Waals surface area contributed by atoms with Gasteiger partial charge in [0.25, 0.3) is 0 Å². The predicted octanol–water partition coefficient (Wildman–Crippen LogP) is 4.00. The third-order valence-electron chi connectivity index (χ3n) is 4.50. The van der Waals surface area contributed by atoms with Crippen molar-refractivity contribution in [3.05, 3.63) is 91.0 Å². The van der Waals surface area contributed by atoms with Crippen molar-refractivity contribution in [2.24, 2.45) is 0 Å². The average Bonchev–Trinajstić information content (AvgIpc) is 2.67. The van der Waals surface area contributed by atoms with Crippen molar-refractivity contribution in [2.45, 2.75) is 11.9 Å². The third kappa shape index (κ3) is 4.06. The molecular formula is C22H22BrO2P. The number of esters is 1. The molecule has 1 unspecified atom stereocenters. The zero-order valence-electron chi connectivity index (χ0n) is 14.6. The van der Waals surface area contributed by atoms with E-state index in [1.807, 2.05) is 61.5 Å². The fourth-order valence-corrected chi connectivity index (χ4v) is 8.04. The van der Waals surface area contributed by atoms with Gasteiger partial charge in [-0.3, -0.25) is 0 Å². The Morgan fingerprint density at radius 2 is 1.15 bits per heavy atom. The van der Waals surface area contributed by atoms with Gasteiger partial charge in [-0.15, -0.1) is 0 Å². The van der Waals surface area contributed by atoms with E-state index < -0.39 is 7.26 Å². The summed E-state index contributed by atoms with van der Waals surface area (Å²) < 4.78 is 5.48. The molecule has 26 heavy (non-hydrogen) atoms. The topological polar surface area (TPSA) is 26.3 Å². The van der Waals surface area contributed by atoms with E-state index in [2.05, 4.69) is 52.3 Å². The van der Waals surface area contributed by atoms with Gasteiger partial charge in [-0.05, 0) is 0 Å². The van der Waals surface area contributed by atoms with Crippen LogP contribution < -0.4 is 15.9 Å². The third-order valence-corrected chi connectivity index (χ3v) is 9.47. The number of ether oxygens (including phenoxy) is 1. The molecular weight excluding hydrogens is 407 g/mol. The Hall–Kier alpha value is -1.96. The Kier molecular flexibility index (Phi) is 6.24. The summed E-state index contributed by atoms with van der Waals surface area (Å²) in [5, 5.41) is 3.31. The molecule has 4 heteroatoms. The first-order valence-corrected chi connectivity index (χ1v) is 11.8. The zero-order chi connectivity index (χ0) is 18.4. The fourth-order valence-electron chi connectivity index (χ4n) is 3.41. The monoisotopic (exact) mass is 428 g/mol. The molecule has 0 bridgehead atoms. The number of rotatable bonds is 6.